The minimum absolute atomic E-state index is 0.298. The largest absolute Gasteiger partial charge is 0.506 e. The van der Waals surface area contributed by atoms with Crippen LogP contribution in [0.5, 0.6) is 5.75 Å². The van der Waals surface area contributed by atoms with Crippen molar-refractivity contribution in [2.24, 2.45) is 7.05 Å². The molecule has 0 unspecified atom stereocenters. The monoisotopic (exact) mass is 299 g/mol. The Balaban J connectivity index is 2.26. The summed E-state index contributed by atoms with van der Waals surface area (Å²) in [4.78, 5) is 25.4. The summed E-state index contributed by atoms with van der Waals surface area (Å²) in [6, 6.07) is 5.40. The Labute approximate surface area is 124 Å². The van der Waals surface area contributed by atoms with Crippen LogP contribution in [0.3, 0.4) is 0 Å². The van der Waals surface area contributed by atoms with Crippen molar-refractivity contribution in [2.45, 2.75) is 6.92 Å². The summed E-state index contributed by atoms with van der Waals surface area (Å²) >= 11 is 0. The molecule has 0 saturated heterocycles. The first kappa shape index (κ1) is 13.9. The molecule has 3 N–H and O–H groups in total. The lowest BCUT2D eigenvalue weighted by atomic mass is 10.0. The van der Waals surface area contributed by atoms with Gasteiger partial charge in [-0.25, -0.2) is 4.79 Å². The third kappa shape index (κ3) is 2.03. The lowest BCUT2D eigenvalue weighted by molar-refractivity contribution is 0.0691. The first-order valence-corrected chi connectivity index (χ1v) is 6.51. The number of carboxylic acid groups (broad SMARTS) is 1. The van der Waals surface area contributed by atoms with Crippen molar-refractivity contribution in [1.82, 2.24) is 14.8 Å². The fourth-order valence-electron chi connectivity index (χ4n) is 2.47. The zero-order valence-electron chi connectivity index (χ0n) is 11.9. The average molecular weight is 299 g/mol. The molecule has 2 aromatic heterocycles. The number of nitrogens with one attached hydrogen (secondary N) is 1. The van der Waals surface area contributed by atoms with Gasteiger partial charge in [-0.15, -0.1) is 0 Å². The molecule has 3 aromatic rings. The molecule has 1 aromatic carbocycles. The standard InChI is InChI=1S/C15H13N3O4/c1-7-12(16-14(20)11(13(7)19)15(21)22)8-3-4-9-6-18(2)17-10(9)5-8/h3-6H,1-2H3,(H,21,22)(H2,16,19,20). The quantitative estimate of drug-likeness (QED) is 0.666. The van der Waals surface area contributed by atoms with Crippen molar-refractivity contribution < 1.29 is 15.0 Å². The highest BCUT2D eigenvalue weighted by Gasteiger charge is 2.20. The van der Waals surface area contributed by atoms with Crippen molar-refractivity contribution in [2.75, 3.05) is 0 Å². The second kappa shape index (κ2) is 4.73. The second-order valence-corrected chi connectivity index (χ2v) is 5.06. The maximum atomic E-state index is 11.9. The van der Waals surface area contributed by atoms with E-state index in [1.165, 1.54) is 0 Å². The highest BCUT2D eigenvalue weighted by molar-refractivity contribution is 5.92. The molecule has 0 aliphatic rings. The van der Waals surface area contributed by atoms with Gasteiger partial charge in [0.25, 0.3) is 5.56 Å². The first-order valence-electron chi connectivity index (χ1n) is 6.51. The van der Waals surface area contributed by atoms with Gasteiger partial charge in [0.2, 0.25) is 0 Å². The summed E-state index contributed by atoms with van der Waals surface area (Å²) in [6.07, 6.45) is 1.86. The fraction of sp³-hybridized carbons (Fsp3) is 0.133. The normalized spacial score (nSPS) is 11.0. The highest BCUT2D eigenvalue weighted by Crippen LogP contribution is 2.29. The molecule has 7 heteroatoms. The SMILES string of the molecule is Cc1c(-c2ccc3cn(C)nc3c2)[nH]c(=O)c(C(=O)O)c1O. The molecule has 0 spiro atoms. The van der Waals surface area contributed by atoms with E-state index in [-0.39, 0.29) is 0 Å². The Morgan fingerprint density at radius 1 is 1.36 bits per heavy atom. The van der Waals surface area contributed by atoms with Crippen LogP contribution in [0.25, 0.3) is 22.2 Å². The Bertz CT molecular complexity index is 969. The number of aromatic amines is 1. The number of carbonyl (C=O) groups is 1. The van der Waals surface area contributed by atoms with Gasteiger partial charge in [-0.05, 0) is 13.0 Å². The Morgan fingerprint density at radius 3 is 2.77 bits per heavy atom. The van der Waals surface area contributed by atoms with Crippen LogP contribution in [0.15, 0.2) is 29.2 Å². The third-order valence-corrected chi connectivity index (χ3v) is 3.56. The number of nitrogens with zero attached hydrogens (tertiary/aromatic N) is 2. The van der Waals surface area contributed by atoms with Crippen molar-refractivity contribution in [3.05, 3.63) is 45.9 Å². The molecule has 2 heterocycles. The summed E-state index contributed by atoms with van der Waals surface area (Å²) in [7, 11) is 1.81. The van der Waals surface area contributed by atoms with Gasteiger partial charge >= 0.3 is 5.97 Å². The summed E-state index contributed by atoms with van der Waals surface area (Å²) < 4.78 is 1.68. The fourth-order valence-corrected chi connectivity index (χ4v) is 2.47. The molecule has 0 saturated carbocycles. The van der Waals surface area contributed by atoms with E-state index in [4.69, 9.17) is 5.11 Å². The smallest absolute Gasteiger partial charge is 0.345 e. The number of carboxylic acids is 1. The summed E-state index contributed by atoms with van der Waals surface area (Å²) in [5.74, 6) is -1.99. The molecule has 0 atom stereocenters. The van der Waals surface area contributed by atoms with Crippen LogP contribution in [0.1, 0.15) is 15.9 Å². The molecular weight excluding hydrogens is 286 g/mol. The number of fused-ring (bicyclic) bond motifs is 1. The predicted molar refractivity (Wildman–Crippen MR) is 80.1 cm³/mol. The van der Waals surface area contributed by atoms with Gasteiger partial charge in [-0.3, -0.25) is 9.48 Å². The minimum atomic E-state index is -1.46. The maximum Gasteiger partial charge on any atom is 0.345 e. The number of hydrogen-bond donors (Lipinski definition) is 3. The van der Waals surface area contributed by atoms with Crippen LogP contribution in [0, 0.1) is 6.92 Å². The van der Waals surface area contributed by atoms with Crippen molar-refractivity contribution >= 4 is 16.9 Å². The van der Waals surface area contributed by atoms with Crippen molar-refractivity contribution in [3.8, 4) is 17.0 Å². The second-order valence-electron chi connectivity index (χ2n) is 5.06. The lowest BCUT2D eigenvalue weighted by Gasteiger charge is -2.09. The van der Waals surface area contributed by atoms with Gasteiger partial charge in [-0.2, -0.15) is 5.10 Å². The summed E-state index contributed by atoms with van der Waals surface area (Å²) in [5, 5.41) is 24.2. The van der Waals surface area contributed by atoms with E-state index in [1.807, 2.05) is 12.3 Å². The molecule has 0 radical (unpaired) electrons. The Hall–Kier alpha value is -3.09. The molecule has 3 rings (SSSR count). The predicted octanol–water partition coefficient (Wildman–Crippen LogP) is 1.64. The molecule has 0 aliphatic heterocycles. The van der Waals surface area contributed by atoms with Crippen LogP contribution < -0.4 is 5.56 Å². The number of rotatable bonds is 2. The summed E-state index contributed by atoms with van der Waals surface area (Å²) in [5.41, 5.74) is 0.564. The molecule has 0 amide bonds. The number of aryl methyl sites for hydroxylation is 1. The molecule has 0 fully saturated rings. The zero-order valence-corrected chi connectivity index (χ0v) is 11.9. The Morgan fingerprint density at radius 2 is 2.09 bits per heavy atom. The average Bonchev–Trinajstić information content (AvgIpc) is 2.81. The van der Waals surface area contributed by atoms with E-state index in [1.54, 1.807) is 30.8 Å². The highest BCUT2D eigenvalue weighted by atomic mass is 16.4. The molecule has 0 aliphatic carbocycles. The Kier molecular flexibility index (Phi) is 2.98. The number of H-pyrrole nitrogens is 1. The van der Waals surface area contributed by atoms with E-state index in [0.29, 0.717) is 16.8 Å². The first-order chi connectivity index (χ1) is 10.4. The van der Waals surface area contributed by atoms with Crippen molar-refractivity contribution in [3.63, 3.8) is 0 Å². The number of aromatic hydroxyl groups is 1. The molecule has 22 heavy (non-hydrogen) atoms. The van der Waals surface area contributed by atoms with Crippen LogP contribution >= 0.6 is 0 Å². The van der Waals surface area contributed by atoms with Gasteiger partial charge in [0.15, 0.2) is 5.56 Å². The van der Waals surface area contributed by atoms with E-state index in [2.05, 4.69) is 10.1 Å². The number of aromatic carboxylic acids is 1. The topological polar surface area (TPSA) is 108 Å². The minimum Gasteiger partial charge on any atom is -0.506 e. The van der Waals surface area contributed by atoms with Crippen LogP contribution in [0.4, 0.5) is 0 Å². The molecule has 112 valence electrons. The van der Waals surface area contributed by atoms with Gasteiger partial charge in [0.1, 0.15) is 5.75 Å². The van der Waals surface area contributed by atoms with Gasteiger partial charge in [0.05, 0.1) is 11.2 Å². The zero-order chi connectivity index (χ0) is 16.0. The van der Waals surface area contributed by atoms with E-state index in [9.17, 15) is 14.7 Å². The number of pyridine rings is 1. The molecule has 0 bridgehead atoms. The number of benzene rings is 1. The van der Waals surface area contributed by atoms with Crippen LogP contribution in [-0.2, 0) is 7.05 Å². The molecular formula is C15H13N3O4. The van der Waals surface area contributed by atoms with E-state index < -0.39 is 22.8 Å². The van der Waals surface area contributed by atoms with Crippen LogP contribution in [0.2, 0.25) is 0 Å². The molecule has 7 nitrogen and oxygen atoms in total. The van der Waals surface area contributed by atoms with E-state index >= 15 is 0 Å². The van der Waals surface area contributed by atoms with Gasteiger partial charge in [-0.1, -0.05) is 12.1 Å². The lowest BCUT2D eigenvalue weighted by Crippen LogP contribution is -2.19. The van der Waals surface area contributed by atoms with Crippen molar-refractivity contribution in [1.29, 1.82) is 0 Å². The van der Waals surface area contributed by atoms with E-state index in [0.717, 1.165) is 10.9 Å². The number of aromatic nitrogens is 3. The maximum absolute atomic E-state index is 11.9. The summed E-state index contributed by atoms with van der Waals surface area (Å²) in [6.45, 7) is 1.55. The van der Waals surface area contributed by atoms with Crippen LogP contribution in [-0.4, -0.2) is 30.9 Å². The number of hydrogen-bond acceptors (Lipinski definition) is 4. The van der Waals surface area contributed by atoms with Gasteiger partial charge in [0, 0.05) is 29.8 Å². The van der Waals surface area contributed by atoms with Gasteiger partial charge < -0.3 is 15.2 Å². The third-order valence-electron chi connectivity index (χ3n) is 3.56.